The van der Waals surface area contributed by atoms with Crippen LogP contribution in [0.15, 0.2) is 34.0 Å². The first-order valence-electron chi connectivity index (χ1n) is 6.86. The number of nitrogens with one attached hydrogen (secondary N) is 2. The van der Waals surface area contributed by atoms with Crippen LogP contribution in [0.3, 0.4) is 0 Å². The van der Waals surface area contributed by atoms with Gasteiger partial charge in [0.25, 0.3) is 0 Å². The van der Waals surface area contributed by atoms with E-state index in [1.54, 1.807) is 17.6 Å². The minimum atomic E-state index is -3.89. The number of hydrogen-bond acceptors (Lipinski definition) is 8. The van der Waals surface area contributed by atoms with Gasteiger partial charge in [-0.25, -0.2) is 13.4 Å². The number of carbonyl (C=O) groups is 1. The van der Waals surface area contributed by atoms with Gasteiger partial charge < -0.3 is 5.32 Å². The third-order valence-electron chi connectivity index (χ3n) is 3.19. The largest absolute Gasteiger partial charge is 0.349 e. The van der Waals surface area contributed by atoms with Crippen LogP contribution in [0.5, 0.6) is 0 Å². The molecule has 2 N–H and O–H groups in total. The first kappa shape index (κ1) is 16.9. The first-order valence-corrected chi connectivity index (χ1v) is 10.0. The zero-order valence-corrected chi connectivity index (χ0v) is 14.9. The lowest BCUT2D eigenvalue weighted by atomic mass is 10.3. The minimum Gasteiger partial charge on any atom is -0.349 e. The summed E-state index contributed by atoms with van der Waals surface area (Å²) in [5.74, 6) is -0.435. The molecule has 0 unspecified atom stereocenters. The summed E-state index contributed by atoms with van der Waals surface area (Å²) in [5, 5.41) is 4.45. The Bertz CT molecular complexity index is 952. The Kier molecular flexibility index (Phi) is 4.85. The van der Waals surface area contributed by atoms with Crippen molar-refractivity contribution < 1.29 is 13.2 Å². The molecule has 11 heteroatoms. The predicted molar refractivity (Wildman–Crippen MR) is 91.2 cm³/mol. The zero-order valence-electron chi connectivity index (χ0n) is 12.5. The molecule has 0 fully saturated rings. The molecule has 1 amide bonds. The van der Waals surface area contributed by atoms with Crippen LogP contribution in [0.1, 0.15) is 12.6 Å². The molecule has 3 rings (SSSR count). The number of amides is 1. The lowest BCUT2D eigenvalue weighted by molar-refractivity contribution is -0.122. The zero-order chi connectivity index (χ0) is 17.2. The van der Waals surface area contributed by atoms with Crippen LogP contribution in [0.25, 0.3) is 11.0 Å². The van der Waals surface area contributed by atoms with E-state index < -0.39 is 22.0 Å². The highest BCUT2D eigenvalue weighted by atomic mass is 32.2. The average molecular weight is 383 g/mol. The molecule has 0 saturated heterocycles. The molecule has 1 atom stereocenters. The van der Waals surface area contributed by atoms with Crippen LogP contribution in [0.4, 0.5) is 0 Å². The molecule has 0 aliphatic heterocycles. The quantitative estimate of drug-likeness (QED) is 0.660. The van der Waals surface area contributed by atoms with E-state index in [-0.39, 0.29) is 11.4 Å². The normalized spacial score (nSPS) is 13.0. The van der Waals surface area contributed by atoms with Crippen LogP contribution in [-0.4, -0.2) is 34.1 Å². The summed E-state index contributed by atoms with van der Waals surface area (Å²) >= 11 is 2.36. The van der Waals surface area contributed by atoms with E-state index in [0.717, 1.165) is 17.4 Å². The molecular formula is C13H13N5O3S3. The van der Waals surface area contributed by atoms with E-state index in [2.05, 4.69) is 23.8 Å². The van der Waals surface area contributed by atoms with Crippen molar-refractivity contribution in [2.24, 2.45) is 0 Å². The van der Waals surface area contributed by atoms with Gasteiger partial charge in [0.15, 0.2) is 0 Å². The van der Waals surface area contributed by atoms with E-state index in [9.17, 15) is 13.2 Å². The highest BCUT2D eigenvalue weighted by molar-refractivity contribution is 7.89. The van der Waals surface area contributed by atoms with Gasteiger partial charge in [0.05, 0.1) is 35.5 Å². The third kappa shape index (κ3) is 3.59. The summed E-state index contributed by atoms with van der Waals surface area (Å²) in [4.78, 5) is 16.1. The molecule has 0 saturated carbocycles. The summed E-state index contributed by atoms with van der Waals surface area (Å²) in [6.07, 6.45) is 0. The standard InChI is InChI=1S/C13H13N5O3S3/c1-8(13(19)14-5-9-6-22-7-15-9)18-24(20,21)11-4-2-3-10-12(11)17-23-16-10/h2-4,6-8,18H,5H2,1H3,(H,14,19)/t8-/m0/s1. The Labute approximate surface area is 146 Å². The first-order chi connectivity index (χ1) is 11.5. The molecular weight excluding hydrogens is 370 g/mol. The number of hydrogen-bond donors (Lipinski definition) is 2. The number of aromatic nitrogens is 3. The SMILES string of the molecule is C[C@H](NS(=O)(=O)c1cccc2nsnc12)C(=O)NCc1cscn1. The second kappa shape index (κ2) is 6.89. The summed E-state index contributed by atoms with van der Waals surface area (Å²) in [5.41, 5.74) is 3.19. The fraction of sp³-hybridized carbons (Fsp3) is 0.231. The van der Waals surface area contributed by atoms with E-state index in [0.29, 0.717) is 11.0 Å². The second-order valence-electron chi connectivity index (χ2n) is 4.93. The number of benzene rings is 1. The molecule has 0 spiro atoms. The topological polar surface area (TPSA) is 114 Å². The lowest BCUT2D eigenvalue weighted by Crippen LogP contribution is -2.44. The number of nitrogens with zero attached hydrogens (tertiary/aromatic N) is 3. The van der Waals surface area contributed by atoms with Gasteiger partial charge in [0, 0.05) is 5.38 Å². The molecule has 0 bridgehead atoms. The van der Waals surface area contributed by atoms with E-state index in [4.69, 9.17) is 0 Å². The van der Waals surface area contributed by atoms with E-state index in [1.165, 1.54) is 24.3 Å². The van der Waals surface area contributed by atoms with E-state index >= 15 is 0 Å². The molecule has 0 radical (unpaired) electrons. The maximum absolute atomic E-state index is 12.5. The van der Waals surface area contributed by atoms with Crippen LogP contribution in [0, 0.1) is 0 Å². The number of fused-ring (bicyclic) bond motifs is 1. The maximum atomic E-state index is 12.5. The Morgan fingerprint density at radius 3 is 2.92 bits per heavy atom. The Balaban J connectivity index is 1.71. The number of carbonyl (C=O) groups excluding carboxylic acids is 1. The van der Waals surface area contributed by atoms with E-state index in [1.807, 2.05) is 5.38 Å². The molecule has 24 heavy (non-hydrogen) atoms. The highest BCUT2D eigenvalue weighted by Crippen LogP contribution is 2.21. The fourth-order valence-corrected chi connectivity index (χ4v) is 4.53. The van der Waals surface area contributed by atoms with Crippen molar-refractivity contribution >= 4 is 50.0 Å². The Morgan fingerprint density at radius 1 is 1.33 bits per heavy atom. The monoisotopic (exact) mass is 383 g/mol. The average Bonchev–Trinajstić information content (AvgIpc) is 3.22. The number of rotatable bonds is 6. The summed E-state index contributed by atoms with van der Waals surface area (Å²) in [6.45, 7) is 1.73. The Morgan fingerprint density at radius 2 is 2.17 bits per heavy atom. The van der Waals surface area contributed by atoms with Crippen LogP contribution < -0.4 is 10.0 Å². The van der Waals surface area contributed by atoms with Crippen molar-refractivity contribution in [1.82, 2.24) is 23.8 Å². The van der Waals surface area contributed by atoms with Gasteiger partial charge >= 0.3 is 0 Å². The predicted octanol–water partition coefficient (Wildman–Crippen LogP) is 1.13. The number of sulfonamides is 1. The van der Waals surface area contributed by atoms with Gasteiger partial charge in [-0.1, -0.05) is 6.07 Å². The molecule has 3 aromatic rings. The van der Waals surface area contributed by atoms with Crippen molar-refractivity contribution in [3.8, 4) is 0 Å². The van der Waals surface area contributed by atoms with Gasteiger partial charge in [-0.05, 0) is 19.1 Å². The smallest absolute Gasteiger partial charge is 0.243 e. The van der Waals surface area contributed by atoms with Gasteiger partial charge in [-0.3, -0.25) is 4.79 Å². The molecule has 8 nitrogen and oxygen atoms in total. The molecule has 2 heterocycles. The van der Waals surface area contributed by atoms with Gasteiger partial charge in [-0.2, -0.15) is 13.5 Å². The van der Waals surface area contributed by atoms with Crippen LogP contribution >= 0.6 is 23.1 Å². The van der Waals surface area contributed by atoms with Gasteiger partial charge in [-0.15, -0.1) is 11.3 Å². The molecule has 2 aromatic heterocycles. The van der Waals surface area contributed by atoms with Crippen LogP contribution in [-0.2, 0) is 21.4 Å². The van der Waals surface area contributed by atoms with Crippen LogP contribution in [0.2, 0.25) is 0 Å². The highest BCUT2D eigenvalue weighted by Gasteiger charge is 2.24. The lowest BCUT2D eigenvalue weighted by Gasteiger charge is -2.14. The van der Waals surface area contributed by atoms with Crippen molar-refractivity contribution in [2.75, 3.05) is 0 Å². The fourth-order valence-electron chi connectivity index (χ4n) is 2.00. The Hall–Kier alpha value is -1.95. The number of thiazole rings is 1. The summed E-state index contributed by atoms with van der Waals surface area (Å²) < 4.78 is 35.4. The summed E-state index contributed by atoms with van der Waals surface area (Å²) in [6, 6.07) is 3.77. The summed E-state index contributed by atoms with van der Waals surface area (Å²) in [7, 11) is -3.89. The molecule has 126 valence electrons. The molecule has 0 aliphatic rings. The van der Waals surface area contributed by atoms with Crippen molar-refractivity contribution in [3.05, 3.63) is 34.8 Å². The van der Waals surface area contributed by atoms with Crippen molar-refractivity contribution in [2.45, 2.75) is 24.4 Å². The molecule has 1 aromatic carbocycles. The van der Waals surface area contributed by atoms with Crippen molar-refractivity contribution in [1.29, 1.82) is 0 Å². The maximum Gasteiger partial charge on any atom is 0.243 e. The minimum absolute atomic E-state index is 0.00732. The van der Waals surface area contributed by atoms with Gasteiger partial charge in [0.1, 0.15) is 15.9 Å². The third-order valence-corrected chi connectivity index (χ3v) is 5.94. The van der Waals surface area contributed by atoms with Crippen molar-refractivity contribution in [3.63, 3.8) is 0 Å². The molecule has 0 aliphatic carbocycles. The second-order valence-corrected chi connectivity index (χ2v) is 7.86. The van der Waals surface area contributed by atoms with Gasteiger partial charge in [0.2, 0.25) is 15.9 Å².